The second-order valence-electron chi connectivity index (χ2n) is 10.1. The van der Waals surface area contributed by atoms with Gasteiger partial charge in [-0.05, 0) is 49.1 Å². The predicted octanol–water partition coefficient (Wildman–Crippen LogP) is 3.61. The number of hydrogen-bond acceptors (Lipinski definition) is 6. The van der Waals surface area contributed by atoms with Crippen LogP contribution in [0.15, 0.2) is 42.5 Å². The molecule has 4 atom stereocenters. The van der Waals surface area contributed by atoms with Crippen LogP contribution in [0.1, 0.15) is 61.0 Å². The first-order valence-corrected chi connectivity index (χ1v) is 13.1. The van der Waals surface area contributed by atoms with Crippen LogP contribution in [-0.4, -0.2) is 46.2 Å². The molecule has 2 aromatic rings. The van der Waals surface area contributed by atoms with Gasteiger partial charge in [-0.1, -0.05) is 44.5 Å². The second kappa shape index (κ2) is 9.35. The van der Waals surface area contributed by atoms with Gasteiger partial charge in [0.1, 0.15) is 17.5 Å². The summed E-state index contributed by atoms with van der Waals surface area (Å²) in [5, 5.41) is 5.75. The van der Waals surface area contributed by atoms with Crippen molar-refractivity contribution < 1.29 is 23.9 Å². The van der Waals surface area contributed by atoms with Crippen molar-refractivity contribution in [3.05, 3.63) is 59.2 Å². The third-order valence-corrected chi connectivity index (χ3v) is 8.78. The van der Waals surface area contributed by atoms with Gasteiger partial charge >= 0.3 is 0 Å². The topological polar surface area (TPSA) is 97.0 Å². The van der Waals surface area contributed by atoms with Crippen LogP contribution in [-0.2, 0) is 16.1 Å². The van der Waals surface area contributed by atoms with Crippen molar-refractivity contribution in [3.63, 3.8) is 0 Å². The summed E-state index contributed by atoms with van der Waals surface area (Å²) in [6, 6.07) is 11.6. The lowest BCUT2D eigenvalue weighted by Crippen LogP contribution is -2.58. The molecule has 0 saturated carbocycles. The summed E-state index contributed by atoms with van der Waals surface area (Å²) in [6.07, 6.45) is 0.710. The second-order valence-corrected chi connectivity index (χ2v) is 11.8. The van der Waals surface area contributed by atoms with Gasteiger partial charge in [0.2, 0.25) is 18.6 Å². The molecule has 190 valence electrons. The molecule has 8 nitrogen and oxygen atoms in total. The van der Waals surface area contributed by atoms with Crippen LogP contribution < -0.4 is 20.1 Å². The molecule has 0 radical (unpaired) electrons. The van der Waals surface area contributed by atoms with Gasteiger partial charge in [0, 0.05) is 16.9 Å². The minimum Gasteiger partial charge on any atom is -0.454 e. The Bertz CT molecular complexity index is 1220. The standard InChI is InChI=1S/C27H31N3O5S/c1-5-15(2)21(23(31)28-13-16-10-11-19-20(12-16)35-14-34-19)29-24(32)22-27(3,4)36-26-18-9-7-6-8-17(18)25(33)30(22)26/h6-12,15,21-22,26H,5,13-14H2,1-4H3,(H,28,31)(H,29,32)/t15-,21+,22-,26-/m1/s1. The van der Waals surface area contributed by atoms with Gasteiger partial charge in [-0.2, -0.15) is 0 Å². The number of nitrogens with one attached hydrogen (secondary N) is 2. The van der Waals surface area contributed by atoms with Gasteiger partial charge in [0.05, 0.1) is 0 Å². The van der Waals surface area contributed by atoms with Crippen LogP contribution in [0.2, 0.25) is 0 Å². The Morgan fingerprint density at radius 3 is 2.69 bits per heavy atom. The molecule has 36 heavy (non-hydrogen) atoms. The van der Waals surface area contributed by atoms with E-state index in [4.69, 9.17) is 9.47 Å². The number of rotatable bonds is 7. The lowest BCUT2D eigenvalue weighted by molar-refractivity contribution is -0.133. The fourth-order valence-corrected chi connectivity index (χ4v) is 6.68. The normalized spacial score (nSPS) is 22.6. The van der Waals surface area contributed by atoms with Crippen LogP contribution in [0.3, 0.4) is 0 Å². The Kier molecular flexibility index (Phi) is 6.36. The Balaban J connectivity index is 1.31. The number of benzene rings is 2. The SMILES string of the molecule is CC[C@@H](C)[C@H](NC(=O)[C@H]1N2C(=O)c3ccccc3[C@H]2SC1(C)C)C(=O)NCc1ccc2c(c1)OCO2. The van der Waals surface area contributed by atoms with Crippen LogP contribution >= 0.6 is 11.8 Å². The first-order chi connectivity index (χ1) is 17.2. The molecule has 0 aliphatic carbocycles. The first kappa shape index (κ1) is 24.5. The van der Waals surface area contributed by atoms with Gasteiger partial charge in [-0.3, -0.25) is 14.4 Å². The highest BCUT2D eigenvalue weighted by molar-refractivity contribution is 8.01. The van der Waals surface area contributed by atoms with Crippen molar-refractivity contribution in [2.45, 2.75) is 62.9 Å². The van der Waals surface area contributed by atoms with E-state index in [1.165, 1.54) is 0 Å². The molecule has 3 aliphatic rings. The van der Waals surface area contributed by atoms with Crippen molar-refractivity contribution in [2.24, 2.45) is 5.92 Å². The van der Waals surface area contributed by atoms with Crippen LogP contribution in [0.5, 0.6) is 11.5 Å². The summed E-state index contributed by atoms with van der Waals surface area (Å²) in [5.74, 6) is 0.543. The molecule has 0 unspecified atom stereocenters. The monoisotopic (exact) mass is 509 g/mol. The number of carbonyl (C=O) groups excluding carboxylic acids is 3. The molecule has 3 amide bonds. The van der Waals surface area contributed by atoms with Crippen molar-refractivity contribution in [1.29, 1.82) is 0 Å². The largest absolute Gasteiger partial charge is 0.454 e. The summed E-state index contributed by atoms with van der Waals surface area (Å²) in [7, 11) is 0. The van der Waals surface area contributed by atoms with E-state index in [0.29, 0.717) is 30.0 Å². The summed E-state index contributed by atoms with van der Waals surface area (Å²) >= 11 is 1.61. The summed E-state index contributed by atoms with van der Waals surface area (Å²) in [4.78, 5) is 41.9. The number of thioether (sulfide) groups is 1. The van der Waals surface area contributed by atoms with E-state index in [9.17, 15) is 14.4 Å². The molecule has 9 heteroatoms. The number of ether oxygens (including phenoxy) is 2. The van der Waals surface area contributed by atoms with Crippen molar-refractivity contribution in [1.82, 2.24) is 15.5 Å². The lowest BCUT2D eigenvalue weighted by Gasteiger charge is -2.32. The first-order valence-electron chi connectivity index (χ1n) is 12.3. The smallest absolute Gasteiger partial charge is 0.256 e. The maximum Gasteiger partial charge on any atom is 0.256 e. The summed E-state index contributed by atoms with van der Waals surface area (Å²) < 4.78 is 10.2. The highest BCUT2D eigenvalue weighted by Gasteiger charge is 2.57. The Hall–Kier alpha value is -3.20. The van der Waals surface area contributed by atoms with E-state index < -0.39 is 16.8 Å². The molecule has 0 aromatic heterocycles. The summed E-state index contributed by atoms with van der Waals surface area (Å²) in [5.41, 5.74) is 2.46. The molecule has 5 rings (SSSR count). The van der Waals surface area contributed by atoms with E-state index in [1.54, 1.807) is 16.7 Å². The zero-order valence-electron chi connectivity index (χ0n) is 20.9. The predicted molar refractivity (Wildman–Crippen MR) is 137 cm³/mol. The Labute approximate surface area is 215 Å². The van der Waals surface area contributed by atoms with E-state index in [-0.39, 0.29) is 35.8 Å². The maximum atomic E-state index is 13.7. The molecule has 2 aromatic carbocycles. The number of fused-ring (bicyclic) bond motifs is 4. The molecule has 1 fully saturated rings. The minimum atomic E-state index is -0.726. The van der Waals surface area contributed by atoms with E-state index in [1.807, 2.05) is 70.2 Å². The third-order valence-electron chi connectivity index (χ3n) is 7.24. The lowest BCUT2D eigenvalue weighted by atomic mass is 9.95. The van der Waals surface area contributed by atoms with Crippen LogP contribution in [0.25, 0.3) is 0 Å². The molecule has 0 spiro atoms. The van der Waals surface area contributed by atoms with Gasteiger partial charge < -0.3 is 25.0 Å². The number of carbonyl (C=O) groups is 3. The average Bonchev–Trinajstić information content (AvgIpc) is 3.52. The van der Waals surface area contributed by atoms with Crippen molar-refractivity contribution in [3.8, 4) is 11.5 Å². The molecule has 3 heterocycles. The molecule has 0 bridgehead atoms. The zero-order chi connectivity index (χ0) is 25.6. The van der Waals surface area contributed by atoms with Crippen LogP contribution in [0, 0.1) is 5.92 Å². The van der Waals surface area contributed by atoms with E-state index >= 15 is 0 Å². The van der Waals surface area contributed by atoms with Gasteiger partial charge in [-0.15, -0.1) is 11.8 Å². The van der Waals surface area contributed by atoms with E-state index in [0.717, 1.165) is 11.1 Å². The molecular weight excluding hydrogens is 478 g/mol. The van der Waals surface area contributed by atoms with Gasteiger partial charge in [0.25, 0.3) is 5.91 Å². The molecule has 2 N–H and O–H groups in total. The number of amides is 3. The number of nitrogens with zero attached hydrogens (tertiary/aromatic N) is 1. The Morgan fingerprint density at radius 2 is 1.92 bits per heavy atom. The van der Waals surface area contributed by atoms with Crippen molar-refractivity contribution >= 4 is 29.5 Å². The fraction of sp³-hybridized carbons (Fsp3) is 0.444. The van der Waals surface area contributed by atoms with Crippen molar-refractivity contribution in [2.75, 3.05) is 6.79 Å². The number of hydrogen-bond donors (Lipinski definition) is 2. The highest BCUT2D eigenvalue weighted by Crippen LogP contribution is 2.56. The van der Waals surface area contributed by atoms with Crippen LogP contribution in [0.4, 0.5) is 0 Å². The molecule has 3 aliphatic heterocycles. The quantitative estimate of drug-likeness (QED) is 0.592. The zero-order valence-corrected chi connectivity index (χ0v) is 21.7. The highest BCUT2D eigenvalue weighted by atomic mass is 32.2. The van der Waals surface area contributed by atoms with Gasteiger partial charge in [-0.25, -0.2) is 0 Å². The molecular formula is C27H31N3O5S. The molecule has 1 saturated heterocycles. The maximum absolute atomic E-state index is 13.7. The third kappa shape index (κ3) is 4.19. The van der Waals surface area contributed by atoms with E-state index in [2.05, 4.69) is 10.6 Å². The Morgan fingerprint density at radius 1 is 1.17 bits per heavy atom. The fourth-order valence-electron chi connectivity index (χ4n) is 5.09. The summed E-state index contributed by atoms with van der Waals surface area (Å²) in [6.45, 7) is 8.38. The van der Waals surface area contributed by atoms with Gasteiger partial charge in [0.15, 0.2) is 11.5 Å². The minimum absolute atomic E-state index is 0.0925. The average molecular weight is 510 g/mol.